The van der Waals surface area contributed by atoms with Crippen molar-refractivity contribution in [3.05, 3.63) is 95.4 Å². The first-order valence-electron chi connectivity index (χ1n) is 12.7. The zero-order chi connectivity index (χ0) is 25.6. The van der Waals surface area contributed by atoms with Crippen LogP contribution in [0.25, 0.3) is 22.6 Å². The maximum Gasteiger partial charge on any atom is 0.307 e. The monoisotopic (exact) mass is 497 g/mol. The van der Waals surface area contributed by atoms with Crippen LogP contribution in [0.5, 0.6) is 5.75 Å². The number of benzene rings is 3. The highest BCUT2D eigenvalue weighted by Gasteiger charge is 2.17. The zero-order valence-electron chi connectivity index (χ0n) is 21.0. The zero-order valence-corrected chi connectivity index (χ0v) is 21.0. The predicted molar refractivity (Wildman–Crippen MR) is 142 cm³/mol. The normalized spacial score (nSPS) is 14.0. The molecule has 1 saturated heterocycles. The number of rotatable bonds is 9. The lowest BCUT2D eigenvalue weighted by molar-refractivity contribution is -0.136. The molecule has 0 radical (unpaired) electrons. The van der Waals surface area contributed by atoms with Gasteiger partial charge >= 0.3 is 5.97 Å². The van der Waals surface area contributed by atoms with Crippen molar-refractivity contribution in [1.82, 2.24) is 4.98 Å². The molecular formula is C31H31NO5. The molecule has 0 bridgehead atoms. The third kappa shape index (κ3) is 6.09. The Morgan fingerprint density at radius 2 is 1.78 bits per heavy atom. The highest BCUT2D eigenvalue weighted by atomic mass is 16.5. The predicted octanol–water partition coefficient (Wildman–Crippen LogP) is 6.46. The molecule has 37 heavy (non-hydrogen) atoms. The fourth-order valence-corrected chi connectivity index (χ4v) is 4.85. The lowest BCUT2D eigenvalue weighted by atomic mass is 9.91. The van der Waals surface area contributed by atoms with Gasteiger partial charge in [-0.15, -0.1) is 0 Å². The highest BCUT2D eigenvalue weighted by Crippen LogP contribution is 2.30. The van der Waals surface area contributed by atoms with Crippen molar-refractivity contribution in [2.45, 2.75) is 38.5 Å². The van der Waals surface area contributed by atoms with Gasteiger partial charge in [-0.05, 0) is 72.2 Å². The minimum Gasteiger partial charge on any atom is -0.493 e. The summed E-state index contributed by atoms with van der Waals surface area (Å²) in [4.78, 5) is 16.0. The Morgan fingerprint density at radius 1 is 1.00 bits per heavy atom. The van der Waals surface area contributed by atoms with E-state index in [-0.39, 0.29) is 6.42 Å². The molecule has 6 heteroatoms. The molecule has 1 aliphatic heterocycles. The smallest absolute Gasteiger partial charge is 0.307 e. The Labute approximate surface area is 216 Å². The maximum absolute atomic E-state index is 11.3. The summed E-state index contributed by atoms with van der Waals surface area (Å²) in [5, 5.41) is 9.24. The van der Waals surface area contributed by atoms with Crippen molar-refractivity contribution in [3.63, 3.8) is 0 Å². The van der Waals surface area contributed by atoms with Crippen LogP contribution in [-0.4, -0.2) is 35.9 Å². The molecule has 0 aliphatic carbocycles. The van der Waals surface area contributed by atoms with Gasteiger partial charge in [0.1, 0.15) is 11.5 Å². The van der Waals surface area contributed by atoms with E-state index in [1.165, 1.54) is 5.56 Å². The van der Waals surface area contributed by atoms with Crippen molar-refractivity contribution in [3.8, 4) is 28.3 Å². The van der Waals surface area contributed by atoms with Crippen LogP contribution >= 0.6 is 0 Å². The Hall–Kier alpha value is -3.90. The van der Waals surface area contributed by atoms with Crippen LogP contribution in [0.2, 0.25) is 0 Å². The molecule has 3 aromatic carbocycles. The minimum atomic E-state index is -0.850. The molecule has 0 amide bonds. The number of oxazole rings is 1. The first-order valence-corrected chi connectivity index (χ1v) is 12.7. The van der Waals surface area contributed by atoms with E-state index >= 15 is 0 Å². The third-order valence-electron chi connectivity index (χ3n) is 6.85. The molecule has 190 valence electrons. The molecule has 0 spiro atoms. The van der Waals surface area contributed by atoms with Gasteiger partial charge in [0.15, 0.2) is 0 Å². The molecule has 1 fully saturated rings. The van der Waals surface area contributed by atoms with E-state index in [1.54, 1.807) is 0 Å². The van der Waals surface area contributed by atoms with Gasteiger partial charge in [0.2, 0.25) is 5.89 Å². The molecule has 4 aromatic rings. The highest BCUT2D eigenvalue weighted by molar-refractivity contribution is 5.77. The molecule has 6 nitrogen and oxygen atoms in total. The van der Waals surface area contributed by atoms with Gasteiger partial charge in [-0.25, -0.2) is 4.98 Å². The fourth-order valence-electron chi connectivity index (χ4n) is 4.85. The third-order valence-corrected chi connectivity index (χ3v) is 6.85. The van der Waals surface area contributed by atoms with E-state index in [4.69, 9.17) is 18.9 Å². The van der Waals surface area contributed by atoms with Crippen LogP contribution < -0.4 is 4.74 Å². The molecule has 5 rings (SSSR count). The summed E-state index contributed by atoms with van der Waals surface area (Å²) in [6.07, 6.45) is 2.74. The first-order chi connectivity index (χ1) is 18.1. The number of aromatic nitrogens is 1. The van der Waals surface area contributed by atoms with Gasteiger partial charge in [0, 0.05) is 25.2 Å². The van der Waals surface area contributed by atoms with Gasteiger partial charge in [0.25, 0.3) is 0 Å². The van der Waals surface area contributed by atoms with E-state index < -0.39 is 5.97 Å². The summed E-state index contributed by atoms with van der Waals surface area (Å²) >= 11 is 0. The van der Waals surface area contributed by atoms with Crippen molar-refractivity contribution in [2.24, 2.45) is 0 Å². The van der Waals surface area contributed by atoms with Gasteiger partial charge in [-0.3, -0.25) is 4.79 Å². The molecule has 1 N–H and O–H groups in total. The van der Waals surface area contributed by atoms with Crippen LogP contribution in [-0.2, 0) is 22.4 Å². The van der Waals surface area contributed by atoms with Crippen molar-refractivity contribution < 1.29 is 23.8 Å². The van der Waals surface area contributed by atoms with Gasteiger partial charge in [-0.1, -0.05) is 48.5 Å². The molecule has 0 saturated carbocycles. The number of hydrogen-bond donors (Lipinski definition) is 1. The van der Waals surface area contributed by atoms with Crippen LogP contribution in [0, 0.1) is 6.92 Å². The first kappa shape index (κ1) is 24.8. The molecule has 0 unspecified atom stereocenters. The summed E-state index contributed by atoms with van der Waals surface area (Å²) in [5.41, 5.74) is 5.80. The van der Waals surface area contributed by atoms with Gasteiger partial charge < -0.3 is 19.0 Å². The standard InChI is InChI=1S/C31H31NO5/c1-21-29(32-31(37-21)24-11-9-22(10-12-24)23-13-16-35-17-14-23)15-18-36-27-7-4-6-25(19-27)28-8-3-2-5-26(28)20-30(33)34/h2-12,19,23H,13-18,20H2,1H3,(H,33,34). The Kier molecular flexibility index (Phi) is 7.66. The summed E-state index contributed by atoms with van der Waals surface area (Å²) < 4.78 is 17.5. The second-order valence-electron chi connectivity index (χ2n) is 9.38. The lowest BCUT2D eigenvalue weighted by Gasteiger charge is -2.22. The van der Waals surface area contributed by atoms with E-state index in [0.717, 1.165) is 65.5 Å². The molecule has 2 heterocycles. The summed E-state index contributed by atoms with van der Waals surface area (Å²) in [6.45, 7) is 4.05. The van der Waals surface area contributed by atoms with E-state index in [1.807, 2.05) is 55.5 Å². The van der Waals surface area contributed by atoms with Gasteiger partial charge in [0.05, 0.1) is 18.7 Å². The second kappa shape index (κ2) is 11.4. The number of hydrogen-bond acceptors (Lipinski definition) is 5. The Bertz CT molecular complexity index is 1350. The van der Waals surface area contributed by atoms with E-state index in [9.17, 15) is 9.90 Å². The molecule has 1 aliphatic rings. The Morgan fingerprint density at radius 3 is 2.57 bits per heavy atom. The number of nitrogens with zero attached hydrogens (tertiary/aromatic N) is 1. The maximum atomic E-state index is 11.3. The second-order valence-corrected chi connectivity index (χ2v) is 9.38. The number of carbonyl (C=O) groups is 1. The van der Waals surface area contributed by atoms with Crippen molar-refractivity contribution in [1.29, 1.82) is 0 Å². The van der Waals surface area contributed by atoms with Crippen LogP contribution in [0.15, 0.2) is 77.2 Å². The lowest BCUT2D eigenvalue weighted by Crippen LogP contribution is -2.13. The van der Waals surface area contributed by atoms with Gasteiger partial charge in [-0.2, -0.15) is 0 Å². The summed E-state index contributed by atoms with van der Waals surface area (Å²) in [6, 6.07) is 23.8. The number of aryl methyl sites for hydroxylation is 1. The topological polar surface area (TPSA) is 81.8 Å². The fraction of sp³-hybridized carbons (Fsp3) is 0.290. The average Bonchev–Trinajstić information content (AvgIpc) is 3.30. The molecular weight excluding hydrogens is 466 g/mol. The number of carboxylic acids is 1. The quantitative estimate of drug-likeness (QED) is 0.286. The summed E-state index contributed by atoms with van der Waals surface area (Å²) in [7, 11) is 0. The molecule has 0 atom stereocenters. The average molecular weight is 498 g/mol. The summed E-state index contributed by atoms with van der Waals surface area (Å²) in [5.74, 6) is 1.86. The van der Waals surface area contributed by atoms with Crippen molar-refractivity contribution >= 4 is 5.97 Å². The van der Waals surface area contributed by atoms with Crippen LogP contribution in [0.4, 0.5) is 0 Å². The largest absolute Gasteiger partial charge is 0.493 e. The van der Waals surface area contributed by atoms with Crippen LogP contribution in [0.3, 0.4) is 0 Å². The number of aliphatic carboxylic acids is 1. The Balaban J connectivity index is 1.22. The van der Waals surface area contributed by atoms with Crippen molar-refractivity contribution in [2.75, 3.05) is 19.8 Å². The van der Waals surface area contributed by atoms with E-state index in [2.05, 4.69) is 24.3 Å². The van der Waals surface area contributed by atoms with Crippen LogP contribution in [0.1, 0.15) is 41.3 Å². The number of ether oxygens (including phenoxy) is 2. The molecule has 1 aromatic heterocycles. The minimum absolute atomic E-state index is 0.0205. The SMILES string of the molecule is Cc1oc(-c2ccc(C3CCOCC3)cc2)nc1CCOc1cccc(-c2ccccc2CC(=O)O)c1. The van der Waals surface area contributed by atoms with E-state index in [0.29, 0.717) is 24.8 Å². The number of carboxylic acid groups (broad SMARTS) is 1.